The maximum atomic E-state index is 8.66. The van der Waals surface area contributed by atoms with Crippen LogP contribution in [-0.4, -0.2) is 49.8 Å². The maximum absolute atomic E-state index is 8.66. The van der Waals surface area contributed by atoms with Gasteiger partial charge in [0.05, 0.1) is 32.5 Å². The fourth-order valence-electron chi connectivity index (χ4n) is 2.24. The van der Waals surface area contributed by atoms with Crippen LogP contribution >= 0.6 is 0 Å². The van der Waals surface area contributed by atoms with Crippen molar-refractivity contribution >= 4 is 0 Å². The Morgan fingerprint density at radius 1 is 1.29 bits per heavy atom. The number of aliphatic hydroxyl groups is 1. The summed E-state index contributed by atoms with van der Waals surface area (Å²) in [7, 11) is 0. The third-order valence-electron chi connectivity index (χ3n) is 3.06. The van der Waals surface area contributed by atoms with Crippen LogP contribution in [0, 0.1) is 5.92 Å². The molecule has 0 spiro atoms. The highest BCUT2D eigenvalue weighted by atomic mass is 16.6. The van der Waals surface area contributed by atoms with Crippen LogP contribution in [0.25, 0.3) is 0 Å². The Hall–Kier alpha value is -0.160. The van der Waals surface area contributed by atoms with Gasteiger partial charge in [-0.15, -0.1) is 0 Å². The van der Waals surface area contributed by atoms with Crippen molar-refractivity contribution in [1.82, 2.24) is 0 Å². The van der Waals surface area contributed by atoms with Crippen LogP contribution in [-0.2, 0) is 14.2 Å². The van der Waals surface area contributed by atoms with E-state index in [1.807, 2.05) is 0 Å². The first-order chi connectivity index (χ1) is 6.86. The van der Waals surface area contributed by atoms with Gasteiger partial charge in [0, 0.05) is 5.92 Å². The molecule has 2 saturated heterocycles. The zero-order chi connectivity index (χ0) is 9.97. The van der Waals surface area contributed by atoms with E-state index in [4.69, 9.17) is 19.3 Å². The molecular formula is C10H18O4. The van der Waals surface area contributed by atoms with Gasteiger partial charge in [-0.2, -0.15) is 0 Å². The van der Waals surface area contributed by atoms with Gasteiger partial charge in [0.25, 0.3) is 0 Å². The van der Waals surface area contributed by atoms with Gasteiger partial charge in [-0.3, -0.25) is 0 Å². The number of aliphatic hydroxyl groups excluding tert-OH is 1. The Labute approximate surface area is 84.1 Å². The molecule has 2 rings (SSSR count). The number of fused-ring (bicyclic) bond motifs is 1. The van der Waals surface area contributed by atoms with E-state index >= 15 is 0 Å². The second-order valence-corrected chi connectivity index (χ2v) is 3.90. The molecule has 14 heavy (non-hydrogen) atoms. The van der Waals surface area contributed by atoms with E-state index in [2.05, 4.69) is 6.92 Å². The van der Waals surface area contributed by atoms with Crippen LogP contribution in [0.2, 0.25) is 0 Å². The fraction of sp³-hybridized carbons (Fsp3) is 1.00. The summed E-state index contributed by atoms with van der Waals surface area (Å²) in [6.45, 7) is 3.97. The van der Waals surface area contributed by atoms with Crippen LogP contribution in [0.15, 0.2) is 0 Å². The Balaban J connectivity index is 1.87. The molecule has 4 heteroatoms. The van der Waals surface area contributed by atoms with Crippen LogP contribution < -0.4 is 0 Å². The molecule has 0 unspecified atom stereocenters. The standard InChI is InChI=1S/C10H18O4/c1-2-7-5-13-10-8(12-4-3-11)6-14-9(7)10/h7-11H,2-6H2,1H3/t7-,8+,9+,10-/m1/s1. The van der Waals surface area contributed by atoms with Crippen LogP contribution in [0.5, 0.6) is 0 Å². The van der Waals surface area contributed by atoms with E-state index in [1.165, 1.54) is 0 Å². The number of ether oxygens (including phenoxy) is 3. The highest BCUT2D eigenvalue weighted by molar-refractivity contribution is 4.94. The number of rotatable bonds is 4. The van der Waals surface area contributed by atoms with Crippen molar-refractivity contribution in [1.29, 1.82) is 0 Å². The van der Waals surface area contributed by atoms with E-state index in [0.29, 0.717) is 19.1 Å². The summed E-state index contributed by atoms with van der Waals surface area (Å²) in [5.41, 5.74) is 0. The molecule has 2 aliphatic rings. The van der Waals surface area contributed by atoms with Crippen molar-refractivity contribution in [3.63, 3.8) is 0 Å². The molecule has 82 valence electrons. The van der Waals surface area contributed by atoms with Crippen LogP contribution in [0.4, 0.5) is 0 Å². The maximum Gasteiger partial charge on any atom is 0.112 e. The van der Waals surface area contributed by atoms with Crippen LogP contribution in [0.1, 0.15) is 13.3 Å². The molecule has 0 bridgehead atoms. The van der Waals surface area contributed by atoms with Gasteiger partial charge in [-0.1, -0.05) is 6.92 Å². The van der Waals surface area contributed by atoms with Gasteiger partial charge in [-0.05, 0) is 6.42 Å². The highest BCUT2D eigenvalue weighted by Crippen LogP contribution is 2.33. The van der Waals surface area contributed by atoms with E-state index in [1.54, 1.807) is 0 Å². The lowest BCUT2D eigenvalue weighted by Crippen LogP contribution is -2.32. The molecular weight excluding hydrogens is 184 g/mol. The second kappa shape index (κ2) is 4.57. The van der Waals surface area contributed by atoms with Gasteiger partial charge >= 0.3 is 0 Å². The largest absolute Gasteiger partial charge is 0.394 e. The summed E-state index contributed by atoms with van der Waals surface area (Å²) in [6, 6.07) is 0. The molecule has 1 N–H and O–H groups in total. The molecule has 2 heterocycles. The molecule has 4 atom stereocenters. The van der Waals surface area contributed by atoms with Gasteiger partial charge in [0.2, 0.25) is 0 Å². The third kappa shape index (κ3) is 1.80. The number of hydrogen-bond acceptors (Lipinski definition) is 4. The van der Waals surface area contributed by atoms with Crippen molar-refractivity contribution in [2.24, 2.45) is 5.92 Å². The molecule has 2 fully saturated rings. The second-order valence-electron chi connectivity index (χ2n) is 3.90. The summed E-state index contributed by atoms with van der Waals surface area (Å²) in [5, 5.41) is 8.66. The number of hydrogen-bond donors (Lipinski definition) is 1. The average Bonchev–Trinajstić information content (AvgIpc) is 2.75. The first kappa shape index (κ1) is 10.4. The Kier molecular flexibility index (Phi) is 3.38. The van der Waals surface area contributed by atoms with Crippen molar-refractivity contribution in [2.45, 2.75) is 31.7 Å². The summed E-state index contributed by atoms with van der Waals surface area (Å²) in [5.74, 6) is 0.516. The molecule has 4 nitrogen and oxygen atoms in total. The molecule has 0 aromatic heterocycles. The van der Waals surface area contributed by atoms with Gasteiger partial charge in [0.1, 0.15) is 12.2 Å². The summed E-state index contributed by atoms with van der Waals surface area (Å²) >= 11 is 0. The summed E-state index contributed by atoms with van der Waals surface area (Å²) in [4.78, 5) is 0. The minimum Gasteiger partial charge on any atom is -0.394 e. The summed E-state index contributed by atoms with van der Waals surface area (Å²) < 4.78 is 16.8. The predicted octanol–water partition coefficient (Wildman–Crippen LogP) is 0.188. The summed E-state index contributed by atoms with van der Waals surface area (Å²) in [6.07, 6.45) is 1.41. The third-order valence-corrected chi connectivity index (χ3v) is 3.06. The molecule has 0 aromatic rings. The minimum atomic E-state index is 0.0173. The van der Waals surface area contributed by atoms with Crippen molar-refractivity contribution in [3.05, 3.63) is 0 Å². The molecule has 0 radical (unpaired) electrons. The van der Waals surface area contributed by atoms with Crippen molar-refractivity contribution in [2.75, 3.05) is 26.4 Å². The normalized spacial score (nSPS) is 41.6. The first-order valence-corrected chi connectivity index (χ1v) is 5.32. The fourth-order valence-corrected chi connectivity index (χ4v) is 2.24. The van der Waals surface area contributed by atoms with E-state index in [0.717, 1.165) is 13.0 Å². The Morgan fingerprint density at radius 3 is 2.79 bits per heavy atom. The minimum absolute atomic E-state index is 0.0173. The molecule has 0 amide bonds. The van der Waals surface area contributed by atoms with Gasteiger partial charge < -0.3 is 19.3 Å². The zero-order valence-corrected chi connectivity index (χ0v) is 8.52. The lowest BCUT2D eigenvalue weighted by molar-refractivity contribution is -0.0419. The molecule has 2 aliphatic heterocycles. The average molecular weight is 202 g/mol. The highest BCUT2D eigenvalue weighted by Gasteiger charge is 2.47. The topological polar surface area (TPSA) is 47.9 Å². The monoisotopic (exact) mass is 202 g/mol. The van der Waals surface area contributed by atoms with Crippen molar-refractivity contribution in [3.8, 4) is 0 Å². The van der Waals surface area contributed by atoms with Crippen molar-refractivity contribution < 1.29 is 19.3 Å². The SMILES string of the molecule is CC[C@@H]1CO[C@H]2[C@H]1OC[C@@H]2OCCO. The van der Waals surface area contributed by atoms with E-state index in [-0.39, 0.29) is 24.9 Å². The van der Waals surface area contributed by atoms with E-state index in [9.17, 15) is 0 Å². The Bertz CT molecular complexity index is 185. The Morgan fingerprint density at radius 2 is 2.07 bits per heavy atom. The molecule has 0 aromatic carbocycles. The molecule has 0 saturated carbocycles. The smallest absolute Gasteiger partial charge is 0.112 e. The van der Waals surface area contributed by atoms with E-state index < -0.39 is 0 Å². The lowest BCUT2D eigenvalue weighted by Gasteiger charge is -2.16. The van der Waals surface area contributed by atoms with Gasteiger partial charge in [-0.25, -0.2) is 0 Å². The van der Waals surface area contributed by atoms with Crippen LogP contribution in [0.3, 0.4) is 0 Å². The molecule has 0 aliphatic carbocycles. The van der Waals surface area contributed by atoms with Gasteiger partial charge in [0.15, 0.2) is 0 Å². The first-order valence-electron chi connectivity index (χ1n) is 5.32. The predicted molar refractivity (Wildman–Crippen MR) is 50.1 cm³/mol. The lowest BCUT2D eigenvalue weighted by atomic mass is 9.99. The zero-order valence-electron chi connectivity index (χ0n) is 8.52. The quantitative estimate of drug-likeness (QED) is 0.707.